The first-order chi connectivity index (χ1) is 14.7. The highest BCUT2D eigenvalue weighted by Gasteiger charge is 2.44. The van der Waals surface area contributed by atoms with Crippen LogP contribution in [0, 0.1) is 6.92 Å². The van der Waals surface area contributed by atoms with Crippen LogP contribution in [0.25, 0.3) is 0 Å². The van der Waals surface area contributed by atoms with Crippen molar-refractivity contribution < 1.29 is 26.0 Å². The topological polar surface area (TPSA) is 105 Å². The maximum Gasteiger partial charge on any atom is 0.243 e. The van der Waals surface area contributed by atoms with Crippen molar-refractivity contribution in [3.8, 4) is 0 Å². The molecule has 2 aliphatic heterocycles. The van der Waals surface area contributed by atoms with Crippen LogP contribution in [-0.4, -0.2) is 62.1 Å². The fourth-order valence-electron chi connectivity index (χ4n) is 4.29. The van der Waals surface area contributed by atoms with Crippen molar-refractivity contribution in [3.05, 3.63) is 54.0 Å². The molecule has 0 bridgehead atoms. The fraction of sp³-hybridized carbons (Fsp3) is 0.476. The van der Waals surface area contributed by atoms with Crippen molar-refractivity contribution in [2.75, 3.05) is 18.1 Å². The van der Waals surface area contributed by atoms with Crippen molar-refractivity contribution >= 4 is 25.8 Å². The van der Waals surface area contributed by atoms with E-state index in [0.717, 1.165) is 5.56 Å². The standard InChI is InChI=1S/C21H26N2O6S2/c1-16-6-8-19(9-7-16)31(27,28)23-11-2-5-20(23)21(24)22(14-18-4-3-12-29-18)17-10-13-30(25,26)15-17/h3-4,6-9,12,17,20H,2,5,10-11,13-15H2,1H3/t17?,20-/m0/s1. The summed E-state index contributed by atoms with van der Waals surface area (Å²) in [6, 6.07) is 8.63. The summed E-state index contributed by atoms with van der Waals surface area (Å²) in [6.07, 6.45) is 2.80. The van der Waals surface area contributed by atoms with Gasteiger partial charge < -0.3 is 9.32 Å². The third-order valence-corrected chi connectivity index (χ3v) is 9.63. The van der Waals surface area contributed by atoms with Gasteiger partial charge in [0.1, 0.15) is 11.8 Å². The second-order valence-electron chi connectivity index (χ2n) is 8.19. The van der Waals surface area contributed by atoms with Crippen LogP contribution in [0.3, 0.4) is 0 Å². The summed E-state index contributed by atoms with van der Waals surface area (Å²) in [7, 11) is -7.07. The number of sulfone groups is 1. The van der Waals surface area contributed by atoms with E-state index < -0.39 is 31.9 Å². The highest BCUT2D eigenvalue weighted by Crippen LogP contribution is 2.30. The van der Waals surface area contributed by atoms with E-state index in [-0.39, 0.29) is 35.4 Å². The molecule has 10 heteroatoms. The molecule has 0 radical (unpaired) electrons. The number of furan rings is 1. The Bertz CT molecular complexity index is 1140. The van der Waals surface area contributed by atoms with Crippen molar-refractivity contribution in [2.24, 2.45) is 0 Å². The lowest BCUT2D eigenvalue weighted by atomic mass is 10.1. The summed E-state index contributed by atoms with van der Waals surface area (Å²) < 4.78 is 57.3. The Labute approximate surface area is 182 Å². The Morgan fingerprint density at radius 1 is 1.19 bits per heavy atom. The molecule has 2 aliphatic rings. The Morgan fingerprint density at radius 2 is 1.94 bits per heavy atom. The van der Waals surface area contributed by atoms with Crippen LogP contribution in [-0.2, 0) is 31.2 Å². The Hall–Kier alpha value is -2.17. The van der Waals surface area contributed by atoms with Gasteiger partial charge in [0.05, 0.1) is 29.2 Å². The molecule has 1 amide bonds. The van der Waals surface area contributed by atoms with E-state index in [2.05, 4.69) is 0 Å². The minimum absolute atomic E-state index is 0.0235. The SMILES string of the molecule is Cc1ccc(S(=O)(=O)N2CCC[C@H]2C(=O)N(Cc2ccco2)C2CCS(=O)(=O)C2)cc1. The van der Waals surface area contributed by atoms with Gasteiger partial charge in [0.25, 0.3) is 0 Å². The molecule has 0 aliphatic carbocycles. The van der Waals surface area contributed by atoms with Gasteiger partial charge in [0.15, 0.2) is 9.84 Å². The van der Waals surface area contributed by atoms with Crippen LogP contribution in [0.5, 0.6) is 0 Å². The maximum absolute atomic E-state index is 13.6. The van der Waals surface area contributed by atoms with Gasteiger partial charge in [-0.25, -0.2) is 16.8 Å². The Morgan fingerprint density at radius 3 is 2.55 bits per heavy atom. The van der Waals surface area contributed by atoms with Gasteiger partial charge >= 0.3 is 0 Å². The van der Waals surface area contributed by atoms with Crippen molar-refractivity contribution in [3.63, 3.8) is 0 Å². The average molecular weight is 467 g/mol. The summed E-state index contributed by atoms with van der Waals surface area (Å²) in [5, 5.41) is 0. The maximum atomic E-state index is 13.6. The molecule has 31 heavy (non-hydrogen) atoms. The number of hydrogen-bond acceptors (Lipinski definition) is 6. The van der Waals surface area contributed by atoms with Gasteiger partial charge in [-0.3, -0.25) is 4.79 Å². The Balaban J connectivity index is 1.63. The van der Waals surface area contributed by atoms with E-state index in [1.807, 2.05) is 6.92 Å². The fourth-order valence-corrected chi connectivity index (χ4v) is 7.67. The molecule has 3 heterocycles. The molecule has 1 aromatic carbocycles. The molecule has 0 saturated carbocycles. The molecular weight excluding hydrogens is 440 g/mol. The predicted octanol–water partition coefficient (Wildman–Crippen LogP) is 1.96. The van der Waals surface area contributed by atoms with Gasteiger partial charge in [-0.15, -0.1) is 0 Å². The first-order valence-electron chi connectivity index (χ1n) is 10.3. The first-order valence-corrected chi connectivity index (χ1v) is 13.6. The van der Waals surface area contributed by atoms with E-state index in [1.165, 1.54) is 15.5 Å². The monoisotopic (exact) mass is 466 g/mol. The van der Waals surface area contributed by atoms with Crippen LogP contribution < -0.4 is 0 Å². The van der Waals surface area contributed by atoms with Crippen LogP contribution in [0.15, 0.2) is 52.0 Å². The molecule has 0 spiro atoms. The van der Waals surface area contributed by atoms with Crippen LogP contribution in [0.4, 0.5) is 0 Å². The summed E-state index contributed by atoms with van der Waals surface area (Å²) in [4.78, 5) is 15.2. The molecule has 168 valence electrons. The number of carbonyl (C=O) groups excluding carboxylic acids is 1. The molecule has 4 rings (SSSR count). The second kappa shape index (κ2) is 8.40. The van der Waals surface area contributed by atoms with E-state index in [9.17, 15) is 21.6 Å². The van der Waals surface area contributed by atoms with E-state index in [4.69, 9.17) is 4.42 Å². The zero-order valence-corrected chi connectivity index (χ0v) is 18.9. The van der Waals surface area contributed by atoms with Crippen molar-refractivity contribution in [1.29, 1.82) is 0 Å². The first kappa shape index (κ1) is 22.0. The quantitative estimate of drug-likeness (QED) is 0.644. The summed E-state index contributed by atoms with van der Waals surface area (Å²) in [6.45, 7) is 2.24. The number of sulfonamides is 1. The van der Waals surface area contributed by atoms with Crippen LogP contribution in [0.1, 0.15) is 30.6 Å². The molecule has 1 unspecified atom stereocenters. The number of hydrogen-bond donors (Lipinski definition) is 0. The molecule has 2 atom stereocenters. The van der Waals surface area contributed by atoms with E-state index >= 15 is 0 Å². The predicted molar refractivity (Wildman–Crippen MR) is 114 cm³/mol. The van der Waals surface area contributed by atoms with Crippen molar-refractivity contribution in [2.45, 2.75) is 49.7 Å². The molecular formula is C21H26N2O6S2. The van der Waals surface area contributed by atoms with Gasteiger partial charge in [-0.1, -0.05) is 17.7 Å². The number of rotatable bonds is 6. The molecule has 8 nitrogen and oxygen atoms in total. The molecule has 2 aromatic rings. The normalized spacial score (nSPS) is 23.8. The smallest absolute Gasteiger partial charge is 0.243 e. The van der Waals surface area contributed by atoms with Crippen molar-refractivity contribution in [1.82, 2.24) is 9.21 Å². The number of nitrogens with zero attached hydrogens (tertiary/aromatic N) is 2. The number of aryl methyl sites for hydroxylation is 1. The largest absolute Gasteiger partial charge is 0.467 e. The van der Waals surface area contributed by atoms with E-state index in [1.54, 1.807) is 36.4 Å². The number of amides is 1. The molecule has 2 fully saturated rings. The third-order valence-electron chi connectivity index (χ3n) is 5.95. The third kappa shape index (κ3) is 4.56. The second-order valence-corrected chi connectivity index (χ2v) is 12.3. The summed E-state index contributed by atoms with van der Waals surface area (Å²) >= 11 is 0. The minimum atomic E-state index is -3.85. The summed E-state index contributed by atoms with van der Waals surface area (Å²) in [5.41, 5.74) is 0.945. The average Bonchev–Trinajstić information content (AvgIpc) is 3.47. The lowest BCUT2D eigenvalue weighted by molar-refractivity contribution is -0.137. The minimum Gasteiger partial charge on any atom is -0.467 e. The van der Waals surface area contributed by atoms with Crippen LogP contribution in [0.2, 0.25) is 0 Å². The van der Waals surface area contributed by atoms with Gasteiger partial charge in [0, 0.05) is 12.6 Å². The lowest BCUT2D eigenvalue weighted by Gasteiger charge is -2.33. The molecule has 1 aromatic heterocycles. The number of carbonyl (C=O) groups is 1. The highest BCUT2D eigenvalue weighted by molar-refractivity contribution is 7.91. The summed E-state index contributed by atoms with van der Waals surface area (Å²) in [5.74, 6) is 0.0715. The number of benzene rings is 1. The zero-order chi connectivity index (χ0) is 22.2. The van der Waals surface area contributed by atoms with Gasteiger partial charge in [-0.2, -0.15) is 4.31 Å². The van der Waals surface area contributed by atoms with Gasteiger partial charge in [-0.05, 0) is 50.5 Å². The lowest BCUT2D eigenvalue weighted by Crippen LogP contribution is -2.51. The highest BCUT2D eigenvalue weighted by atomic mass is 32.2. The van der Waals surface area contributed by atoms with Crippen LogP contribution >= 0.6 is 0 Å². The van der Waals surface area contributed by atoms with E-state index in [0.29, 0.717) is 25.0 Å². The Kier molecular flexibility index (Phi) is 5.97. The zero-order valence-electron chi connectivity index (χ0n) is 17.3. The molecule has 0 N–H and O–H groups in total. The van der Waals surface area contributed by atoms with Gasteiger partial charge in [0.2, 0.25) is 15.9 Å². The molecule has 2 saturated heterocycles.